The summed E-state index contributed by atoms with van der Waals surface area (Å²) >= 11 is 0. The molecule has 2 rings (SSSR count). The van der Waals surface area contributed by atoms with Gasteiger partial charge in [-0.25, -0.2) is 0 Å². The zero-order valence-electron chi connectivity index (χ0n) is 11.8. The van der Waals surface area contributed by atoms with Crippen molar-refractivity contribution in [2.45, 2.75) is 31.2 Å². The van der Waals surface area contributed by atoms with Crippen molar-refractivity contribution in [3.05, 3.63) is 33.9 Å². The molecule has 21 heavy (non-hydrogen) atoms. The summed E-state index contributed by atoms with van der Waals surface area (Å²) in [5.74, 6) is -0.442. The molecule has 0 spiro atoms. The molecule has 0 unspecified atom stereocenters. The van der Waals surface area contributed by atoms with Crippen LogP contribution in [0.25, 0.3) is 0 Å². The van der Waals surface area contributed by atoms with Gasteiger partial charge in [-0.3, -0.25) is 14.9 Å². The minimum absolute atomic E-state index is 0.107. The summed E-state index contributed by atoms with van der Waals surface area (Å²) in [6.07, 6.45) is 3.15. The Kier molecular flexibility index (Phi) is 4.42. The van der Waals surface area contributed by atoms with Gasteiger partial charge in [0.1, 0.15) is 5.75 Å². The normalized spacial score (nSPS) is 16.5. The highest BCUT2D eigenvalue weighted by Gasteiger charge is 2.37. The van der Waals surface area contributed by atoms with Crippen molar-refractivity contribution < 1.29 is 19.6 Å². The highest BCUT2D eigenvalue weighted by atomic mass is 16.6. The number of benzene rings is 1. The first-order valence-electron chi connectivity index (χ1n) is 6.78. The smallest absolute Gasteiger partial charge is 0.285 e. The van der Waals surface area contributed by atoms with Gasteiger partial charge in [0.2, 0.25) is 0 Å². The van der Waals surface area contributed by atoms with E-state index in [4.69, 9.17) is 4.74 Å². The Morgan fingerprint density at radius 3 is 2.67 bits per heavy atom. The third-order valence-corrected chi connectivity index (χ3v) is 3.89. The van der Waals surface area contributed by atoms with Crippen LogP contribution in [0.2, 0.25) is 0 Å². The second kappa shape index (κ2) is 6.09. The number of hydrogen-bond acceptors (Lipinski definition) is 5. The lowest BCUT2D eigenvalue weighted by atomic mass is 9.98. The van der Waals surface area contributed by atoms with Crippen molar-refractivity contribution in [2.24, 2.45) is 0 Å². The molecular weight excluding hydrogens is 276 g/mol. The van der Waals surface area contributed by atoms with Gasteiger partial charge in [0.05, 0.1) is 24.2 Å². The summed E-state index contributed by atoms with van der Waals surface area (Å²) in [5, 5.41) is 23.4. The van der Waals surface area contributed by atoms with Crippen LogP contribution in [0.4, 0.5) is 5.69 Å². The van der Waals surface area contributed by atoms with Crippen LogP contribution in [0.15, 0.2) is 18.2 Å². The van der Waals surface area contributed by atoms with Gasteiger partial charge < -0.3 is 15.2 Å². The average Bonchev–Trinajstić information content (AvgIpc) is 2.95. The zero-order valence-corrected chi connectivity index (χ0v) is 11.8. The molecule has 1 aromatic carbocycles. The summed E-state index contributed by atoms with van der Waals surface area (Å²) in [6, 6.07) is 4.23. The molecule has 1 amide bonds. The maximum atomic E-state index is 12.5. The molecule has 0 heterocycles. The van der Waals surface area contributed by atoms with Crippen LogP contribution in [-0.4, -0.2) is 35.2 Å². The molecule has 0 aliphatic heterocycles. The number of amides is 1. The highest BCUT2D eigenvalue weighted by Crippen LogP contribution is 2.32. The Hall–Kier alpha value is -2.15. The number of aliphatic hydroxyl groups is 1. The van der Waals surface area contributed by atoms with Crippen molar-refractivity contribution >= 4 is 11.6 Å². The van der Waals surface area contributed by atoms with Crippen LogP contribution in [0.5, 0.6) is 5.75 Å². The van der Waals surface area contributed by atoms with Crippen LogP contribution < -0.4 is 10.1 Å². The standard InChI is InChI=1S/C14H18N2O5/c1-21-11-6-4-5-10(16(19)20)12(11)13(18)15-14(9-17)7-2-3-8-14/h4-6,17H,2-3,7-9H2,1H3,(H,15,18). The molecule has 114 valence electrons. The van der Waals surface area contributed by atoms with E-state index in [0.29, 0.717) is 12.8 Å². The van der Waals surface area contributed by atoms with Gasteiger partial charge in [-0.05, 0) is 18.9 Å². The molecule has 0 atom stereocenters. The van der Waals surface area contributed by atoms with Crippen molar-refractivity contribution in [2.75, 3.05) is 13.7 Å². The van der Waals surface area contributed by atoms with Gasteiger partial charge in [-0.1, -0.05) is 18.9 Å². The fourth-order valence-corrected chi connectivity index (χ4v) is 2.75. The molecule has 1 fully saturated rings. The van der Waals surface area contributed by atoms with E-state index in [9.17, 15) is 20.0 Å². The first-order chi connectivity index (χ1) is 10.0. The van der Waals surface area contributed by atoms with E-state index in [1.165, 1.54) is 25.3 Å². The second-order valence-electron chi connectivity index (χ2n) is 5.21. The average molecular weight is 294 g/mol. The Labute approximate surface area is 122 Å². The van der Waals surface area contributed by atoms with Gasteiger partial charge >= 0.3 is 0 Å². The van der Waals surface area contributed by atoms with E-state index < -0.39 is 16.4 Å². The third-order valence-electron chi connectivity index (χ3n) is 3.89. The molecule has 0 aromatic heterocycles. The zero-order chi connectivity index (χ0) is 15.5. The Bertz CT molecular complexity index is 552. The predicted octanol–water partition coefficient (Wildman–Crippen LogP) is 1.64. The molecule has 1 aliphatic carbocycles. The second-order valence-corrected chi connectivity index (χ2v) is 5.21. The van der Waals surface area contributed by atoms with Crippen molar-refractivity contribution in [3.8, 4) is 5.75 Å². The number of methoxy groups -OCH3 is 1. The molecule has 7 nitrogen and oxygen atoms in total. The topological polar surface area (TPSA) is 102 Å². The molecule has 1 aromatic rings. The number of rotatable bonds is 5. The minimum Gasteiger partial charge on any atom is -0.496 e. The van der Waals surface area contributed by atoms with Crippen LogP contribution in [0.1, 0.15) is 36.0 Å². The SMILES string of the molecule is COc1cccc([N+](=O)[O-])c1C(=O)NC1(CO)CCCC1. The first kappa shape index (κ1) is 15.2. The summed E-state index contributed by atoms with van der Waals surface area (Å²) < 4.78 is 5.06. The van der Waals surface area contributed by atoms with Crippen molar-refractivity contribution in [1.82, 2.24) is 5.32 Å². The van der Waals surface area contributed by atoms with Gasteiger partial charge in [0.15, 0.2) is 5.56 Å². The molecule has 0 bridgehead atoms. The van der Waals surface area contributed by atoms with E-state index in [-0.39, 0.29) is 23.6 Å². The monoisotopic (exact) mass is 294 g/mol. The van der Waals surface area contributed by atoms with Crippen LogP contribution >= 0.6 is 0 Å². The van der Waals surface area contributed by atoms with Crippen LogP contribution in [0.3, 0.4) is 0 Å². The Morgan fingerprint density at radius 1 is 1.48 bits per heavy atom. The van der Waals surface area contributed by atoms with Crippen LogP contribution in [-0.2, 0) is 0 Å². The van der Waals surface area contributed by atoms with Gasteiger partial charge in [-0.2, -0.15) is 0 Å². The molecule has 1 aliphatic rings. The van der Waals surface area contributed by atoms with Gasteiger partial charge in [0, 0.05) is 6.07 Å². The number of nitro benzene ring substituents is 1. The molecule has 2 N–H and O–H groups in total. The van der Waals surface area contributed by atoms with E-state index in [0.717, 1.165) is 12.8 Å². The van der Waals surface area contributed by atoms with Gasteiger partial charge in [-0.15, -0.1) is 0 Å². The largest absolute Gasteiger partial charge is 0.496 e. The number of nitro groups is 1. The number of nitrogens with zero attached hydrogens (tertiary/aromatic N) is 1. The maximum Gasteiger partial charge on any atom is 0.285 e. The Balaban J connectivity index is 2.36. The summed E-state index contributed by atoms with van der Waals surface area (Å²) in [5.41, 5.74) is -1.10. The fraction of sp³-hybridized carbons (Fsp3) is 0.500. The van der Waals surface area contributed by atoms with E-state index in [1.54, 1.807) is 0 Å². The van der Waals surface area contributed by atoms with Gasteiger partial charge in [0.25, 0.3) is 11.6 Å². The third kappa shape index (κ3) is 2.97. The highest BCUT2D eigenvalue weighted by molar-refractivity contribution is 6.01. The lowest BCUT2D eigenvalue weighted by Gasteiger charge is -2.28. The molecule has 1 saturated carbocycles. The lowest BCUT2D eigenvalue weighted by molar-refractivity contribution is -0.385. The maximum absolute atomic E-state index is 12.5. The summed E-state index contributed by atoms with van der Waals surface area (Å²) in [4.78, 5) is 23.0. The van der Waals surface area contributed by atoms with E-state index >= 15 is 0 Å². The Morgan fingerprint density at radius 2 is 2.14 bits per heavy atom. The number of carbonyl (C=O) groups is 1. The number of nitrogens with one attached hydrogen (secondary N) is 1. The number of carbonyl (C=O) groups excluding carboxylic acids is 1. The fourth-order valence-electron chi connectivity index (χ4n) is 2.75. The van der Waals surface area contributed by atoms with Crippen molar-refractivity contribution in [1.29, 1.82) is 0 Å². The van der Waals surface area contributed by atoms with Crippen molar-refractivity contribution in [3.63, 3.8) is 0 Å². The molecule has 0 radical (unpaired) electrons. The summed E-state index contributed by atoms with van der Waals surface area (Å²) in [7, 11) is 1.35. The van der Waals surface area contributed by atoms with Crippen LogP contribution in [0, 0.1) is 10.1 Å². The minimum atomic E-state index is -0.689. The quantitative estimate of drug-likeness (QED) is 0.635. The number of hydrogen-bond donors (Lipinski definition) is 2. The summed E-state index contributed by atoms with van der Waals surface area (Å²) in [6.45, 7) is -0.179. The molecular formula is C14H18N2O5. The molecule has 7 heteroatoms. The number of aliphatic hydroxyl groups excluding tert-OH is 1. The predicted molar refractivity (Wildman–Crippen MR) is 75.4 cm³/mol. The lowest BCUT2D eigenvalue weighted by Crippen LogP contribution is -2.49. The molecule has 0 saturated heterocycles. The number of ether oxygens (including phenoxy) is 1. The first-order valence-corrected chi connectivity index (χ1v) is 6.78. The van der Waals surface area contributed by atoms with E-state index in [2.05, 4.69) is 5.32 Å². The van der Waals surface area contributed by atoms with E-state index in [1.807, 2.05) is 0 Å².